The summed E-state index contributed by atoms with van der Waals surface area (Å²) in [5.74, 6) is 2.07. The van der Waals surface area contributed by atoms with E-state index in [1.807, 2.05) is 42.5 Å². The van der Waals surface area contributed by atoms with Gasteiger partial charge in [0.2, 0.25) is 5.82 Å². The van der Waals surface area contributed by atoms with Crippen molar-refractivity contribution in [1.29, 1.82) is 0 Å². The zero-order valence-corrected chi connectivity index (χ0v) is 13.6. The van der Waals surface area contributed by atoms with Crippen LogP contribution in [0, 0.1) is 0 Å². The molecule has 6 heteroatoms. The second-order valence-corrected chi connectivity index (χ2v) is 5.39. The molecule has 0 spiro atoms. The fourth-order valence-electron chi connectivity index (χ4n) is 2.13. The number of halogens is 1. The van der Waals surface area contributed by atoms with E-state index >= 15 is 0 Å². The number of methoxy groups -OCH3 is 2. The van der Waals surface area contributed by atoms with E-state index < -0.39 is 0 Å². The second-order valence-electron chi connectivity index (χ2n) is 4.47. The Bertz CT molecular complexity index is 802. The molecule has 112 valence electrons. The van der Waals surface area contributed by atoms with Gasteiger partial charge in [0.1, 0.15) is 0 Å². The number of nitrogens with zero attached hydrogens (tertiary/aromatic N) is 2. The molecule has 0 radical (unpaired) electrons. The summed E-state index contributed by atoms with van der Waals surface area (Å²) in [5, 5.41) is 4.03. The maximum atomic E-state index is 5.40. The van der Waals surface area contributed by atoms with Gasteiger partial charge in [0.05, 0.1) is 19.8 Å². The first kappa shape index (κ1) is 14.6. The molecule has 0 aliphatic carbocycles. The highest BCUT2D eigenvalue weighted by molar-refractivity contribution is 9.10. The van der Waals surface area contributed by atoms with Gasteiger partial charge < -0.3 is 14.0 Å². The molecule has 2 aromatic carbocycles. The number of hydrogen-bond donors (Lipinski definition) is 0. The largest absolute Gasteiger partial charge is 0.493 e. The number of benzene rings is 2. The molecule has 0 aliphatic heterocycles. The van der Waals surface area contributed by atoms with Crippen LogP contribution in [0.25, 0.3) is 22.8 Å². The lowest BCUT2D eigenvalue weighted by Crippen LogP contribution is -1.93. The Morgan fingerprint density at radius 1 is 1.05 bits per heavy atom. The monoisotopic (exact) mass is 360 g/mol. The smallest absolute Gasteiger partial charge is 0.262 e. The molecule has 0 atom stereocenters. The van der Waals surface area contributed by atoms with Crippen LogP contribution >= 0.6 is 15.9 Å². The molecular weight excluding hydrogens is 348 g/mol. The molecule has 0 saturated carbocycles. The van der Waals surface area contributed by atoms with Crippen molar-refractivity contribution in [1.82, 2.24) is 10.1 Å². The van der Waals surface area contributed by atoms with Gasteiger partial charge in [0.15, 0.2) is 11.5 Å². The van der Waals surface area contributed by atoms with Gasteiger partial charge in [-0.1, -0.05) is 39.3 Å². The van der Waals surface area contributed by atoms with Crippen molar-refractivity contribution in [3.05, 3.63) is 46.9 Å². The van der Waals surface area contributed by atoms with Gasteiger partial charge in [-0.05, 0) is 24.3 Å². The fraction of sp³-hybridized carbons (Fsp3) is 0.125. The van der Waals surface area contributed by atoms with Gasteiger partial charge in [-0.15, -0.1) is 0 Å². The topological polar surface area (TPSA) is 57.4 Å². The molecule has 0 saturated heterocycles. The SMILES string of the molecule is COc1cccc(-c2nc(-c3cccc(Br)c3)no2)c1OC. The first-order chi connectivity index (χ1) is 10.7. The molecule has 3 rings (SSSR count). The summed E-state index contributed by atoms with van der Waals surface area (Å²) >= 11 is 3.43. The van der Waals surface area contributed by atoms with Crippen LogP contribution in [0.5, 0.6) is 11.5 Å². The fourth-order valence-corrected chi connectivity index (χ4v) is 2.53. The van der Waals surface area contributed by atoms with Crippen LogP contribution in [0.2, 0.25) is 0 Å². The third-order valence-corrected chi connectivity index (χ3v) is 3.64. The van der Waals surface area contributed by atoms with Gasteiger partial charge in [0.25, 0.3) is 5.89 Å². The van der Waals surface area contributed by atoms with E-state index in [-0.39, 0.29) is 0 Å². The summed E-state index contributed by atoms with van der Waals surface area (Å²) < 4.78 is 17.0. The van der Waals surface area contributed by atoms with Crippen LogP contribution in [0.4, 0.5) is 0 Å². The zero-order valence-electron chi connectivity index (χ0n) is 12.0. The summed E-state index contributed by atoms with van der Waals surface area (Å²) in [4.78, 5) is 4.44. The molecule has 5 nitrogen and oxygen atoms in total. The van der Waals surface area contributed by atoms with Crippen LogP contribution in [0.3, 0.4) is 0 Å². The van der Waals surface area contributed by atoms with E-state index in [0.717, 1.165) is 10.0 Å². The van der Waals surface area contributed by atoms with Crippen molar-refractivity contribution < 1.29 is 14.0 Å². The maximum Gasteiger partial charge on any atom is 0.262 e. The van der Waals surface area contributed by atoms with Crippen LogP contribution < -0.4 is 9.47 Å². The second kappa shape index (κ2) is 6.19. The minimum atomic E-state index is 0.380. The first-order valence-corrected chi connectivity index (χ1v) is 7.33. The quantitative estimate of drug-likeness (QED) is 0.698. The molecule has 1 aromatic heterocycles. The number of hydrogen-bond acceptors (Lipinski definition) is 5. The lowest BCUT2D eigenvalue weighted by atomic mass is 10.2. The third-order valence-electron chi connectivity index (χ3n) is 3.14. The first-order valence-electron chi connectivity index (χ1n) is 6.54. The molecule has 1 heterocycles. The summed E-state index contributed by atoms with van der Waals surface area (Å²) in [6.45, 7) is 0. The maximum absolute atomic E-state index is 5.40. The molecule has 0 fully saturated rings. The molecule has 0 aliphatic rings. The van der Waals surface area contributed by atoms with E-state index in [9.17, 15) is 0 Å². The standard InChI is InChI=1S/C16H13BrN2O3/c1-20-13-8-4-7-12(14(13)21-2)16-18-15(19-22-16)10-5-3-6-11(17)9-10/h3-9H,1-2H3. The Morgan fingerprint density at radius 2 is 1.86 bits per heavy atom. The van der Waals surface area contributed by atoms with Crippen molar-refractivity contribution in [2.24, 2.45) is 0 Å². The Morgan fingerprint density at radius 3 is 2.59 bits per heavy atom. The van der Waals surface area contributed by atoms with Crippen molar-refractivity contribution in [3.8, 4) is 34.3 Å². The molecule has 3 aromatic rings. The van der Waals surface area contributed by atoms with Crippen LogP contribution in [0.15, 0.2) is 51.5 Å². The lowest BCUT2D eigenvalue weighted by Gasteiger charge is -2.09. The lowest BCUT2D eigenvalue weighted by molar-refractivity contribution is 0.353. The Labute approximate surface area is 136 Å². The predicted octanol–water partition coefficient (Wildman–Crippen LogP) is 4.18. The van der Waals surface area contributed by atoms with E-state index in [2.05, 4.69) is 26.1 Å². The third kappa shape index (κ3) is 2.69. The molecule has 22 heavy (non-hydrogen) atoms. The highest BCUT2D eigenvalue weighted by atomic mass is 79.9. The normalized spacial score (nSPS) is 10.5. The predicted molar refractivity (Wildman–Crippen MR) is 86.0 cm³/mol. The number of para-hydroxylation sites is 1. The molecule has 0 amide bonds. The highest BCUT2D eigenvalue weighted by Crippen LogP contribution is 2.37. The number of rotatable bonds is 4. The van der Waals surface area contributed by atoms with Crippen LogP contribution in [0.1, 0.15) is 0 Å². The highest BCUT2D eigenvalue weighted by Gasteiger charge is 2.17. The molecular formula is C16H13BrN2O3. The molecule has 0 bridgehead atoms. The van der Waals surface area contributed by atoms with E-state index in [4.69, 9.17) is 14.0 Å². The minimum absolute atomic E-state index is 0.380. The zero-order chi connectivity index (χ0) is 15.5. The molecule has 0 unspecified atom stereocenters. The van der Waals surface area contributed by atoms with Crippen LogP contribution in [-0.4, -0.2) is 24.4 Å². The number of aromatic nitrogens is 2. The average molecular weight is 361 g/mol. The summed E-state index contributed by atoms with van der Waals surface area (Å²) in [5.41, 5.74) is 1.56. The molecule has 0 N–H and O–H groups in total. The Kier molecular flexibility index (Phi) is 4.11. The van der Waals surface area contributed by atoms with E-state index in [1.54, 1.807) is 14.2 Å². The average Bonchev–Trinajstić information content (AvgIpc) is 3.03. The van der Waals surface area contributed by atoms with E-state index in [0.29, 0.717) is 28.8 Å². The van der Waals surface area contributed by atoms with Crippen molar-refractivity contribution in [3.63, 3.8) is 0 Å². The summed E-state index contributed by atoms with van der Waals surface area (Å²) in [6, 6.07) is 13.2. The summed E-state index contributed by atoms with van der Waals surface area (Å²) in [7, 11) is 3.16. The van der Waals surface area contributed by atoms with Crippen molar-refractivity contribution >= 4 is 15.9 Å². The van der Waals surface area contributed by atoms with Gasteiger partial charge >= 0.3 is 0 Å². The minimum Gasteiger partial charge on any atom is -0.493 e. The van der Waals surface area contributed by atoms with Crippen molar-refractivity contribution in [2.75, 3.05) is 14.2 Å². The van der Waals surface area contributed by atoms with Gasteiger partial charge in [-0.2, -0.15) is 4.98 Å². The summed E-state index contributed by atoms with van der Waals surface area (Å²) in [6.07, 6.45) is 0. The Hall–Kier alpha value is -2.34. The van der Waals surface area contributed by atoms with Gasteiger partial charge in [-0.3, -0.25) is 0 Å². The Balaban J connectivity index is 2.05. The van der Waals surface area contributed by atoms with Gasteiger partial charge in [0, 0.05) is 10.0 Å². The van der Waals surface area contributed by atoms with E-state index in [1.165, 1.54) is 0 Å². The van der Waals surface area contributed by atoms with Gasteiger partial charge in [-0.25, -0.2) is 0 Å². The van der Waals surface area contributed by atoms with Crippen LogP contribution in [-0.2, 0) is 0 Å². The van der Waals surface area contributed by atoms with Crippen molar-refractivity contribution in [2.45, 2.75) is 0 Å². The number of ether oxygens (including phenoxy) is 2.